The fourth-order valence-electron chi connectivity index (χ4n) is 4.30. The van der Waals surface area contributed by atoms with Gasteiger partial charge in [0.1, 0.15) is 18.6 Å². The molecule has 2 aromatic carbocycles. The molecule has 180 valence electrons. The molecule has 2 aliphatic heterocycles. The van der Waals surface area contributed by atoms with Crippen LogP contribution in [0.2, 0.25) is 0 Å². The number of ether oxygens (including phenoxy) is 1. The smallest absolute Gasteiger partial charge is 0.275 e. The maximum absolute atomic E-state index is 13.0. The van der Waals surface area contributed by atoms with E-state index in [0.717, 1.165) is 25.2 Å². The standard InChI is InChI=1S/C27H28N4O4/c1-20-9-10-24-23(16-20)31(26(32)19-34-24)17-25-28-22(18-35-25)27(33)30-14-12-29(13-15-30)11-5-8-21-6-3-2-4-7-21/h2-10,16,18H,11-15,17,19H2,1H3/b8-5+. The molecule has 0 spiro atoms. The van der Waals surface area contributed by atoms with Crippen molar-refractivity contribution in [3.63, 3.8) is 0 Å². The quantitative estimate of drug-likeness (QED) is 0.547. The molecule has 0 aliphatic carbocycles. The van der Waals surface area contributed by atoms with Crippen LogP contribution in [0.5, 0.6) is 5.75 Å². The molecule has 1 saturated heterocycles. The molecule has 35 heavy (non-hydrogen) atoms. The molecule has 1 aromatic heterocycles. The lowest BCUT2D eigenvalue weighted by Gasteiger charge is -2.33. The van der Waals surface area contributed by atoms with Crippen molar-refractivity contribution >= 4 is 23.6 Å². The molecule has 1 fully saturated rings. The Balaban J connectivity index is 1.16. The molecule has 0 bridgehead atoms. The third-order valence-electron chi connectivity index (χ3n) is 6.25. The van der Waals surface area contributed by atoms with Crippen LogP contribution >= 0.6 is 0 Å². The first-order valence-electron chi connectivity index (χ1n) is 11.8. The summed E-state index contributed by atoms with van der Waals surface area (Å²) >= 11 is 0. The van der Waals surface area contributed by atoms with Gasteiger partial charge in [0.05, 0.1) is 5.69 Å². The third-order valence-corrected chi connectivity index (χ3v) is 6.25. The van der Waals surface area contributed by atoms with E-state index in [1.54, 1.807) is 9.80 Å². The zero-order valence-electron chi connectivity index (χ0n) is 19.7. The van der Waals surface area contributed by atoms with Gasteiger partial charge in [0.2, 0.25) is 5.89 Å². The van der Waals surface area contributed by atoms with Gasteiger partial charge >= 0.3 is 0 Å². The number of rotatable bonds is 6. The molecular weight excluding hydrogens is 444 g/mol. The highest BCUT2D eigenvalue weighted by Gasteiger charge is 2.28. The van der Waals surface area contributed by atoms with Gasteiger partial charge in [-0.1, -0.05) is 48.6 Å². The predicted molar refractivity (Wildman–Crippen MR) is 132 cm³/mol. The average molecular weight is 473 g/mol. The molecule has 2 amide bonds. The van der Waals surface area contributed by atoms with Crippen molar-refractivity contribution in [1.82, 2.24) is 14.8 Å². The van der Waals surface area contributed by atoms with E-state index in [0.29, 0.717) is 30.4 Å². The van der Waals surface area contributed by atoms with Gasteiger partial charge in [0.15, 0.2) is 12.3 Å². The zero-order valence-corrected chi connectivity index (χ0v) is 19.7. The van der Waals surface area contributed by atoms with Crippen LogP contribution in [0.1, 0.15) is 27.5 Å². The summed E-state index contributed by atoms with van der Waals surface area (Å²) < 4.78 is 11.1. The van der Waals surface area contributed by atoms with Crippen LogP contribution in [0, 0.1) is 6.92 Å². The van der Waals surface area contributed by atoms with Gasteiger partial charge in [-0.25, -0.2) is 4.98 Å². The second kappa shape index (κ2) is 10.1. The maximum atomic E-state index is 13.0. The van der Waals surface area contributed by atoms with Crippen molar-refractivity contribution in [2.45, 2.75) is 13.5 Å². The molecule has 5 rings (SSSR count). The molecule has 0 atom stereocenters. The minimum Gasteiger partial charge on any atom is -0.482 e. The topological polar surface area (TPSA) is 79.1 Å². The molecule has 8 nitrogen and oxygen atoms in total. The van der Waals surface area contributed by atoms with E-state index < -0.39 is 0 Å². The summed E-state index contributed by atoms with van der Waals surface area (Å²) in [5.74, 6) is 0.644. The molecule has 0 N–H and O–H groups in total. The Bertz CT molecular complexity index is 1230. The van der Waals surface area contributed by atoms with Gasteiger partial charge in [-0.05, 0) is 30.2 Å². The van der Waals surface area contributed by atoms with Crippen LogP contribution in [0.15, 0.2) is 65.3 Å². The number of fused-ring (bicyclic) bond motifs is 1. The van der Waals surface area contributed by atoms with E-state index in [2.05, 4.69) is 34.2 Å². The van der Waals surface area contributed by atoms with Crippen molar-refractivity contribution < 1.29 is 18.7 Å². The monoisotopic (exact) mass is 472 g/mol. The first-order chi connectivity index (χ1) is 17.1. The number of hydrogen-bond acceptors (Lipinski definition) is 6. The Labute approximate surface area is 204 Å². The Kier molecular flexibility index (Phi) is 6.63. The van der Waals surface area contributed by atoms with E-state index in [1.807, 2.05) is 43.3 Å². The molecule has 3 heterocycles. The van der Waals surface area contributed by atoms with Crippen LogP contribution in [-0.4, -0.2) is 65.9 Å². The lowest BCUT2D eigenvalue weighted by atomic mass is 10.1. The Hall–Kier alpha value is -3.91. The summed E-state index contributed by atoms with van der Waals surface area (Å²) in [4.78, 5) is 35.6. The SMILES string of the molecule is Cc1ccc2c(c1)N(Cc1nc(C(=O)N3CCN(C/C=C/c4ccccc4)CC3)co1)C(=O)CO2. The van der Waals surface area contributed by atoms with Gasteiger partial charge in [-0.15, -0.1) is 0 Å². The third kappa shape index (κ3) is 5.27. The highest BCUT2D eigenvalue weighted by molar-refractivity contribution is 5.97. The zero-order chi connectivity index (χ0) is 24.2. The number of benzene rings is 2. The van der Waals surface area contributed by atoms with Gasteiger partial charge < -0.3 is 14.1 Å². The number of carbonyl (C=O) groups is 2. The Morgan fingerprint density at radius 3 is 2.69 bits per heavy atom. The number of amides is 2. The van der Waals surface area contributed by atoms with Crippen LogP contribution in [0.4, 0.5) is 5.69 Å². The predicted octanol–water partition coefficient (Wildman–Crippen LogP) is 3.38. The number of nitrogens with zero attached hydrogens (tertiary/aromatic N) is 4. The number of anilines is 1. The van der Waals surface area contributed by atoms with E-state index >= 15 is 0 Å². The lowest BCUT2D eigenvalue weighted by Crippen LogP contribution is -2.48. The van der Waals surface area contributed by atoms with Crippen molar-refractivity contribution in [2.24, 2.45) is 0 Å². The molecule has 0 saturated carbocycles. The van der Waals surface area contributed by atoms with Crippen LogP contribution < -0.4 is 9.64 Å². The van der Waals surface area contributed by atoms with Gasteiger partial charge in [0, 0.05) is 32.7 Å². The molecule has 2 aliphatic rings. The highest BCUT2D eigenvalue weighted by atomic mass is 16.5. The summed E-state index contributed by atoms with van der Waals surface area (Å²) in [6.07, 6.45) is 5.66. The van der Waals surface area contributed by atoms with Gasteiger partial charge in [-0.2, -0.15) is 0 Å². The number of carbonyl (C=O) groups excluding carboxylic acids is 2. The van der Waals surface area contributed by atoms with Crippen LogP contribution in [0.25, 0.3) is 6.08 Å². The van der Waals surface area contributed by atoms with Crippen LogP contribution in [0.3, 0.4) is 0 Å². The van der Waals surface area contributed by atoms with E-state index in [1.165, 1.54) is 11.8 Å². The first kappa shape index (κ1) is 22.9. The fourth-order valence-corrected chi connectivity index (χ4v) is 4.30. The Morgan fingerprint density at radius 1 is 1.09 bits per heavy atom. The number of aryl methyl sites for hydroxylation is 1. The average Bonchev–Trinajstić information content (AvgIpc) is 3.35. The minimum absolute atomic E-state index is 0.0344. The number of hydrogen-bond donors (Lipinski definition) is 0. The summed E-state index contributed by atoms with van der Waals surface area (Å²) in [5.41, 5.74) is 3.15. The Morgan fingerprint density at radius 2 is 1.89 bits per heavy atom. The second-order valence-electron chi connectivity index (χ2n) is 8.77. The van der Waals surface area contributed by atoms with E-state index in [4.69, 9.17) is 9.15 Å². The lowest BCUT2D eigenvalue weighted by molar-refractivity contribution is -0.121. The molecule has 0 radical (unpaired) electrons. The molecular formula is C27H28N4O4. The largest absolute Gasteiger partial charge is 0.482 e. The number of aromatic nitrogens is 1. The van der Waals surface area contributed by atoms with Crippen molar-refractivity contribution in [1.29, 1.82) is 0 Å². The van der Waals surface area contributed by atoms with Gasteiger partial charge in [0.25, 0.3) is 11.8 Å². The fraction of sp³-hybridized carbons (Fsp3) is 0.296. The van der Waals surface area contributed by atoms with Crippen molar-refractivity contribution in [3.8, 4) is 5.75 Å². The van der Waals surface area contributed by atoms with Crippen LogP contribution in [-0.2, 0) is 11.3 Å². The minimum atomic E-state index is -0.174. The number of oxazole rings is 1. The number of piperazine rings is 1. The highest BCUT2D eigenvalue weighted by Crippen LogP contribution is 2.33. The second-order valence-corrected chi connectivity index (χ2v) is 8.77. The first-order valence-corrected chi connectivity index (χ1v) is 11.8. The molecule has 0 unspecified atom stereocenters. The van der Waals surface area contributed by atoms with E-state index in [-0.39, 0.29) is 30.7 Å². The normalized spacial score (nSPS) is 16.4. The van der Waals surface area contributed by atoms with Crippen molar-refractivity contribution in [2.75, 3.05) is 44.2 Å². The van der Waals surface area contributed by atoms with Gasteiger partial charge in [-0.3, -0.25) is 19.4 Å². The maximum Gasteiger partial charge on any atom is 0.275 e. The van der Waals surface area contributed by atoms with E-state index in [9.17, 15) is 9.59 Å². The summed E-state index contributed by atoms with van der Waals surface area (Å²) in [5, 5.41) is 0. The summed E-state index contributed by atoms with van der Waals surface area (Å²) in [7, 11) is 0. The molecule has 8 heteroatoms. The summed E-state index contributed by atoms with van der Waals surface area (Å²) in [6.45, 7) is 5.78. The summed E-state index contributed by atoms with van der Waals surface area (Å²) in [6, 6.07) is 15.9. The molecule has 3 aromatic rings. The van der Waals surface area contributed by atoms with Crippen molar-refractivity contribution in [3.05, 3.63) is 83.6 Å².